The van der Waals surface area contributed by atoms with E-state index in [1.807, 2.05) is 0 Å². The predicted molar refractivity (Wildman–Crippen MR) is 95.7 cm³/mol. The third kappa shape index (κ3) is 3.48. The minimum Gasteiger partial charge on any atom is -0.391 e. The topological polar surface area (TPSA) is 53.0 Å². The Labute approximate surface area is 157 Å². The zero-order valence-electron chi connectivity index (χ0n) is 14.6. The number of morpholine rings is 1. The molecule has 2 aliphatic heterocycles. The van der Waals surface area contributed by atoms with Crippen molar-refractivity contribution in [2.75, 3.05) is 39.4 Å². The number of aliphatic hydroxyl groups is 1. The summed E-state index contributed by atoms with van der Waals surface area (Å²) in [6.07, 6.45) is 1.18. The van der Waals surface area contributed by atoms with Crippen molar-refractivity contribution in [3.63, 3.8) is 0 Å². The quantitative estimate of drug-likeness (QED) is 0.850. The molecular weight excluding hydrogens is 359 g/mol. The Hall–Kier alpha value is -1.21. The second-order valence-electron chi connectivity index (χ2n) is 7.61. The van der Waals surface area contributed by atoms with Crippen LogP contribution in [-0.2, 0) is 4.74 Å². The summed E-state index contributed by atoms with van der Waals surface area (Å²) in [4.78, 5) is 16.8. The molecule has 1 aromatic carbocycles. The number of fused-ring (bicyclic) bond motifs is 1. The largest absolute Gasteiger partial charge is 0.391 e. The van der Waals surface area contributed by atoms with E-state index in [0.717, 1.165) is 19.5 Å². The molecule has 142 valence electrons. The molecule has 1 aromatic rings. The maximum Gasteiger partial charge on any atom is 0.256 e. The first-order valence-electron chi connectivity index (χ1n) is 9.27. The molecule has 4 rings (SSSR count). The molecule has 1 aliphatic carbocycles. The van der Waals surface area contributed by atoms with Gasteiger partial charge in [0.1, 0.15) is 5.82 Å². The first-order chi connectivity index (χ1) is 12.5. The standard InChI is InChI=1S/C19H24ClFN2O3/c20-14-1-2-16(21)15(9-14)19(25)23-10-12-7-17(18(24)8-13(12)11-23)22-3-5-26-6-4-22/h1-2,9,12-13,17-18,24H,3-8,10-11H2/t12-,13+,17-,18-/m1/s1. The first-order valence-corrected chi connectivity index (χ1v) is 9.65. The van der Waals surface area contributed by atoms with Crippen LogP contribution in [0.2, 0.25) is 5.02 Å². The molecule has 0 unspecified atom stereocenters. The predicted octanol–water partition coefficient (Wildman–Crippen LogP) is 2.02. The van der Waals surface area contributed by atoms with Gasteiger partial charge in [-0.15, -0.1) is 0 Å². The summed E-state index contributed by atoms with van der Waals surface area (Å²) in [6.45, 7) is 4.28. The van der Waals surface area contributed by atoms with Gasteiger partial charge < -0.3 is 14.7 Å². The molecule has 4 atom stereocenters. The Morgan fingerprint density at radius 1 is 1.19 bits per heavy atom. The molecule has 1 N–H and O–H groups in total. The highest BCUT2D eigenvalue weighted by molar-refractivity contribution is 6.31. The van der Waals surface area contributed by atoms with Gasteiger partial charge in [0.15, 0.2) is 0 Å². The molecule has 5 nitrogen and oxygen atoms in total. The van der Waals surface area contributed by atoms with E-state index in [4.69, 9.17) is 16.3 Å². The maximum absolute atomic E-state index is 14.0. The maximum atomic E-state index is 14.0. The van der Waals surface area contributed by atoms with Crippen molar-refractivity contribution in [3.8, 4) is 0 Å². The highest BCUT2D eigenvalue weighted by atomic mass is 35.5. The highest BCUT2D eigenvalue weighted by Gasteiger charge is 2.45. The average Bonchev–Trinajstić information content (AvgIpc) is 3.06. The number of carbonyl (C=O) groups is 1. The Kier molecular flexibility index (Phi) is 5.19. The van der Waals surface area contributed by atoms with Gasteiger partial charge in [-0.05, 0) is 42.9 Å². The van der Waals surface area contributed by atoms with Crippen molar-refractivity contribution < 1.29 is 19.0 Å². The van der Waals surface area contributed by atoms with Gasteiger partial charge in [0, 0.05) is 37.2 Å². The molecule has 2 heterocycles. The number of halogens is 2. The van der Waals surface area contributed by atoms with E-state index in [0.29, 0.717) is 43.7 Å². The van der Waals surface area contributed by atoms with Crippen LogP contribution in [0, 0.1) is 17.7 Å². The molecule has 2 saturated heterocycles. The Morgan fingerprint density at radius 2 is 1.88 bits per heavy atom. The zero-order chi connectivity index (χ0) is 18.3. The summed E-state index contributed by atoms with van der Waals surface area (Å²) >= 11 is 5.93. The highest BCUT2D eigenvalue weighted by Crippen LogP contribution is 2.39. The van der Waals surface area contributed by atoms with Crippen molar-refractivity contribution in [2.24, 2.45) is 11.8 Å². The zero-order valence-corrected chi connectivity index (χ0v) is 15.4. The lowest BCUT2D eigenvalue weighted by molar-refractivity contribution is -0.0520. The first kappa shape index (κ1) is 18.2. The van der Waals surface area contributed by atoms with Crippen LogP contribution >= 0.6 is 11.6 Å². The number of likely N-dealkylation sites (tertiary alicyclic amines) is 1. The lowest BCUT2D eigenvalue weighted by Gasteiger charge is -2.43. The van der Waals surface area contributed by atoms with Crippen LogP contribution in [0.3, 0.4) is 0 Å². The van der Waals surface area contributed by atoms with Crippen LogP contribution < -0.4 is 0 Å². The van der Waals surface area contributed by atoms with Crippen molar-refractivity contribution >= 4 is 17.5 Å². The minimum absolute atomic E-state index is 0.0291. The van der Waals surface area contributed by atoms with E-state index in [1.165, 1.54) is 18.2 Å². The second kappa shape index (κ2) is 7.43. The lowest BCUT2D eigenvalue weighted by atomic mass is 9.77. The molecule has 3 fully saturated rings. The van der Waals surface area contributed by atoms with Gasteiger partial charge in [0.05, 0.1) is 24.9 Å². The molecule has 0 aromatic heterocycles. The van der Waals surface area contributed by atoms with E-state index in [1.54, 1.807) is 4.90 Å². The normalized spacial score (nSPS) is 32.5. The molecule has 0 spiro atoms. The van der Waals surface area contributed by atoms with Crippen LogP contribution in [0.1, 0.15) is 23.2 Å². The summed E-state index contributed by atoms with van der Waals surface area (Å²) < 4.78 is 19.5. The monoisotopic (exact) mass is 382 g/mol. The number of aliphatic hydroxyl groups excluding tert-OH is 1. The van der Waals surface area contributed by atoms with E-state index >= 15 is 0 Å². The van der Waals surface area contributed by atoms with Gasteiger partial charge in [0.2, 0.25) is 0 Å². The third-order valence-electron chi connectivity index (χ3n) is 6.07. The smallest absolute Gasteiger partial charge is 0.256 e. The van der Waals surface area contributed by atoms with Crippen molar-refractivity contribution in [3.05, 3.63) is 34.6 Å². The number of rotatable bonds is 2. The van der Waals surface area contributed by atoms with E-state index in [2.05, 4.69) is 4.90 Å². The number of nitrogens with zero attached hydrogens (tertiary/aromatic N) is 2. The summed E-state index contributed by atoms with van der Waals surface area (Å²) in [5.41, 5.74) is 0.0291. The SMILES string of the molecule is O=C(c1cc(Cl)ccc1F)N1C[C@H]2C[C@@H](N3CCOCC3)[C@H](O)C[C@H]2C1. The third-order valence-corrected chi connectivity index (χ3v) is 6.30. The van der Waals surface area contributed by atoms with Crippen molar-refractivity contribution in [2.45, 2.75) is 25.0 Å². The molecule has 3 aliphatic rings. The van der Waals surface area contributed by atoms with Gasteiger partial charge in [-0.2, -0.15) is 0 Å². The molecule has 26 heavy (non-hydrogen) atoms. The van der Waals surface area contributed by atoms with E-state index < -0.39 is 5.82 Å². The number of hydrogen-bond donors (Lipinski definition) is 1. The van der Waals surface area contributed by atoms with Crippen LogP contribution in [-0.4, -0.2) is 72.4 Å². The van der Waals surface area contributed by atoms with Gasteiger partial charge in [-0.1, -0.05) is 11.6 Å². The van der Waals surface area contributed by atoms with Crippen LogP contribution in [0.5, 0.6) is 0 Å². The van der Waals surface area contributed by atoms with Gasteiger partial charge in [-0.25, -0.2) is 4.39 Å². The van der Waals surface area contributed by atoms with Crippen molar-refractivity contribution in [1.82, 2.24) is 9.80 Å². The average molecular weight is 383 g/mol. The summed E-state index contributed by atoms with van der Waals surface area (Å²) in [7, 11) is 0. The van der Waals surface area contributed by atoms with Gasteiger partial charge in [-0.3, -0.25) is 9.69 Å². The number of carbonyl (C=O) groups excluding carboxylic acids is 1. The number of amides is 1. The van der Waals surface area contributed by atoms with Gasteiger partial charge >= 0.3 is 0 Å². The molecule has 1 amide bonds. The number of ether oxygens (including phenoxy) is 1. The van der Waals surface area contributed by atoms with E-state index in [-0.39, 0.29) is 29.5 Å². The van der Waals surface area contributed by atoms with Crippen LogP contribution in [0.25, 0.3) is 0 Å². The number of benzene rings is 1. The molecule has 7 heteroatoms. The minimum atomic E-state index is -0.541. The van der Waals surface area contributed by atoms with Crippen LogP contribution in [0.15, 0.2) is 18.2 Å². The molecular formula is C19H24ClFN2O3. The summed E-state index contributed by atoms with van der Waals surface area (Å²) in [5, 5.41) is 11.0. The van der Waals surface area contributed by atoms with E-state index in [9.17, 15) is 14.3 Å². The molecule has 1 saturated carbocycles. The summed E-state index contributed by atoms with van der Waals surface area (Å²) in [6, 6.07) is 4.20. The second-order valence-corrected chi connectivity index (χ2v) is 8.05. The fourth-order valence-electron chi connectivity index (χ4n) is 4.71. The van der Waals surface area contributed by atoms with Crippen molar-refractivity contribution in [1.29, 1.82) is 0 Å². The van der Waals surface area contributed by atoms with Gasteiger partial charge in [0.25, 0.3) is 5.91 Å². The molecule has 0 radical (unpaired) electrons. The summed E-state index contributed by atoms with van der Waals surface area (Å²) in [5.74, 6) is -0.233. The number of hydrogen-bond acceptors (Lipinski definition) is 4. The lowest BCUT2D eigenvalue weighted by Crippen LogP contribution is -2.53. The fourth-order valence-corrected chi connectivity index (χ4v) is 4.88. The Morgan fingerprint density at radius 3 is 2.62 bits per heavy atom. The Balaban J connectivity index is 1.45. The fraction of sp³-hybridized carbons (Fsp3) is 0.632. The Bertz CT molecular complexity index is 683. The molecule has 0 bridgehead atoms. The van der Waals surface area contributed by atoms with Crippen LogP contribution in [0.4, 0.5) is 4.39 Å².